The average molecular weight is 539 g/mol. The molecule has 4 saturated carbocycles. The average Bonchev–Trinajstić information content (AvgIpc) is 3.10. The van der Waals surface area contributed by atoms with Gasteiger partial charge in [-0.05, 0) is 110 Å². The number of hydrogen-bond acceptors (Lipinski definition) is 5. The summed E-state index contributed by atoms with van der Waals surface area (Å²) in [5, 5.41) is 1.96. The van der Waals surface area contributed by atoms with Crippen molar-refractivity contribution in [3.05, 3.63) is 69.6 Å². The van der Waals surface area contributed by atoms with Crippen LogP contribution in [0.4, 0.5) is 0 Å². The van der Waals surface area contributed by atoms with Crippen LogP contribution in [-0.4, -0.2) is 21.1 Å². The summed E-state index contributed by atoms with van der Waals surface area (Å²) in [6, 6.07) is 15.1. The van der Waals surface area contributed by atoms with E-state index in [1.54, 1.807) is 6.08 Å². The zero-order chi connectivity index (χ0) is 24.9. The fourth-order valence-corrected chi connectivity index (χ4v) is 8.07. The van der Waals surface area contributed by atoms with Gasteiger partial charge in [-0.25, -0.2) is 0 Å². The lowest BCUT2D eigenvalue weighted by molar-refractivity contribution is -0.152. The molecule has 1 N–H and O–H groups in total. The Labute approximate surface area is 225 Å². The van der Waals surface area contributed by atoms with Crippen LogP contribution in [-0.2, 0) is 16.2 Å². The number of nitrogens with one attached hydrogen (secondary N) is 1. The zero-order valence-corrected chi connectivity index (χ0v) is 22.1. The second-order valence-electron chi connectivity index (χ2n) is 10.6. The molecule has 2 aromatic carbocycles. The molecular formula is C28H27ClN2O3S2. The number of thioether (sulfide) groups is 1. The van der Waals surface area contributed by atoms with Gasteiger partial charge in [0.05, 0.1) is 10.3 Å². The molecule has 36 heavy (non-hydrogen) atoms. The number of amides is 2. The van der Waals surface area contributed by atoms with Crippen molar-refractivity contribution in [1.29, 1.82) is 0 Å². The first-order valence-corrected chi connectivity index (χ1v) is 14.0. The summed E-state index contributed by atoms with van der Waals surface area (Å²) in [4.78, 5) is 27.1. The molecular weight excluding hydrogens is 512 g/mol. The van der Waals surface area contributed by atoms with Gasteiger partial charge >= 0.3 is 0 Å². The van der Waals surface area contributed by atoms with Gasteiger partial charge in [0.15, 0.2) is 4.32 Å². The van der Waals surface area contributed by atoms with Gasteiger partial charge < -0.3 is 4.74 Å². The van der Waals surface area contributed by atoms with Gasteiger partial charge in [0.2, 0.25) is 5.91 Å². The first-order valence-electron chi connectivity index (χ1n) is 12.4. The van der Waals surface area contributed by atoms with Crippen molar-refractivity contribution in [3.63, 3.8) is 0 Å². The van der Waals surface area contributed by atoms with Crippen LogP contribution in [0.5, 0.6) is 5.75 Å². The molecule has 1 aliphatic heterocycles. The number of halogens is 1. The van der Waals surface area contributed by atoms with Crippen molar-refractivity contribution in [1.82, 2.24) is 10.4 Å². The number of carbonyl (C=O) groups excluding carboxylic acids is 2. The summed E-state index contributed by atoms with van der Waals surface area (Å²) in [5.41, 5.74) is 4.42. The van der Waals surface area contributed by atoms with E-state index in [-0.39, 0.29) is 17.2 Å². The minimum Gasteiger partial charge on any atom is -0.489 e. The number of benzene rings is 2. The van der Waals surface area contributed by atoms with Gasteiger partial charge in [0, 0.05) is 5.02 Å². The number of rotatable bonds is 6. The Kier molecular flexibility index (Phi) is 6.34. The van der Waals surface area contributed by atoms with E-state index in [2.05, 4.69) is 5.43 Å². The van der Waals surface area contributed by atoms with Crippen molar-refractivity contribution >= 4 is 57.8 Å². The summed E-state index contributed by atoms with van der Waals surface area (Å²) in [6.45, 7) is 0.416. The topological polar surface area (TPSA) is 58.6 Å². The molecule has 0 radical (unpaired) electrons. The molecule has 4 bridgehead atoms. The lowest BCUT2D eigenvalue weighted by atomic mass is 9.49. The summed E-state index contributed by atoms with van der Waals surface area (Å²) in [6.07, 6.45) is 8.41. The van der Waals surface area contributed by atoms with Gasteiger partial charge in [-0.15, -0.1) is 0 Å². The normalized spacial score (nSPS) is 29.8. The zero-order valence-electron chi connectivity index (χ0n) is 19.7. The monoisotopic (exact) mass is 538 g/mol. The molecule has 5 nitrogen and oxygen atoms in total. The third kappa shape index (κ3) is 4.69. The van der Waals surface area contributed by atoms with Crippen LogP contribution in [0.2, 0.25) is 5.02 Å². The predicted octanol–water partition coefficient (Wildman–Crippen LogP) is 6.37. The van der Waals surface area contributed by atoms with Gasteiger partial charge in [-0.1, -0.05) is 47.6 Å². The first-order chi connectivity index (χ1) is 17.4. The number of hydrogen-bond donors (Lipinski definition) is 1. The van der Waals surface area contributed by atoms with E-state index < -0.39 is 0 Å². The Bertz CT molecular complexity index is 1220. The van der Waals surface area contributed by atoms with Crippen molar-refractivity contribution in [2.75, 3.05) is 0 Å². The van der Waals surface area contributed by atoms with Crippen LogP contribution in [0.3, 0.4) is 0 Å². The third-order valence-electron chi connectivity index (χ3n) is 8.00. The molecule has 8 heteroatoms. The molecule has 7 rings (SSSR count). The second kappa shape index (κ2) is 9.51. The van der Waals surface area contributed by atoms with Gasteiger partial charge in [-0.2, -0.15) is 5.01 Å². The standard InChI is InChI=1S/C28H27ClN2O3S2/c29-22-6-4-17(5-7-22)16-34-23-3-1-2-18(11-23)12-24-25(32)31(27(35)36-24)30-26(33)28-13-19-8-20(14-28)10-21(9-19)15-28/h1-7,11-12,19-21H,8-10,13-16H2,(H,30,33)/b24-12+. The molecule has 1 saturated heterocycles. The van der Waals surface area contributed by atoms with E-state index in [9.17, 15) is 9.59 Å². The largest absolute Gasteiger partial charge is 0.489 e. The van der Waals surface area contributed by atoms with E-state index in [4.69, 9.17) is 28.6 Å². The molecule has 0 aromatic heterocycles. The number of ether oxygens (including phenoxy) is 1. The molecule has 1 heterocycles. The fourth-order valence-electron chi connectivity index (χ4n) is 6.77. The van der Waals surface area contributed by atoms with Crippen LogP contribution >= 0.6 is 35.6 Å². The highest BCUT2D eigenvalue weighted by molar-refractivity contribution is 8.26. The Hall–Kier alpha value is -2.35. The summed E-state index contributed by atoms with van der Waals surface area (Å²) in [5.74, 6) is 2.35. The quantitative estimate of drug-likeness (QED) is 0.342. The van der Waals surface area contributed by atoms with E-state index in [1.165, 1.54) is 36.0 Å². The van der Waals surface area contributed by atoms with Crippen molar-refractivity contribution in [2.45, 2.75) is 45.1 Å². The number of carbonyl (C=O) groups is 2. The number of nitrogens with zero attached hydrogens (tertiary/aromatic N) is 1. The molecule has 5 aliphatic rings. The highest BCUT2D eigenvalue weighted by Gasteiger charge is 2.55. The Balaban J connectivity index is 1.12. The molecule has 186 valence electrons. The van der Waals surface area contributed by atoms with Crippen LogP contribution in [0.15, 0.2) is 53.4 Å². The number of thiocarbonyl (C=S) groups is 1. The molecule has 2 amide bonds. The highest BCUT2D eigenvalue weighted by Crippen LogP contribution is 2.60. The predicted molar refractivity (Wildman–Crippen MR) is 146 cm³/mol. The van der Waals surface area contributed by atoms with E-state index in [0.29, 0.717) is 44.4 Å². The number of hydrazine groups is 1. The molecule has 2 aromatic rings. The van der Waals surface area contributed by atoms with Crippen molar-refractivity contribution < 1.29 is 14.3 Å². The minimum atomic E-state index is -0.336. The summed E-state index contributed by atoms with van der Waals surface area (Å²) < 4.78 is 6.28. The molecule has 0 atom stereocenters. The molecule has 0 unspecified atom stereocenters. The lowest BCUT2D eigenvalue weighted by Crippen LogP contribution is -2.57. The Morgan fingerprint density at radius 3 is 2.44 bits per heavy atom. The molecule has 5 fully saturated rings. The van der Waals surface area contributed by atoms with E-state index in [1.807, 2.05) is 48.5 Å². The second-order valence-corrected chi connectivity index (χ2v) is 12.8. The Morgan fingerprint density at radius 2 is 1.78 bits per heavy atom. The fraction of sp³-hybridized carbons (Fsp3) is 0.393. The maximum absolute atomic E-state index is 13.4. The van der Waals surface area contributed by atoms with Gasteiger partial charge in [-0.3, -0.25) is 15.0 Å². The minimum absolute atomic E-state index is 0.0308. The summed E-state index contributed by atoms with van der Waals surface area (Å²) >= 11 is 12.6. The maximum Gasteiger partial charge on any atom is 0.285 e. The maximum atomic E-state index is 13.4. The molecule has 0 spiro atoms. The highest BCUT2D eigenvalue weighted by atomic mass is 35.5. The van der Waals surface area contributed by atoms with E-state index >= 15 is 0 Å². The van der Waals surface area contributed by atoms with Crippen molar-refractivity contribution in [2.24, 2.45) is 23.2 Å². The van der Waals surface area contributed by atoms with Crippen LogP contribution < -0.4 is 10.2 Å². The van der Waals surface area contributed by atoms with Crippen LogP contribution in [0, 0.1) is 23.2 Å². The molecule has 4 aliphatic carbocycles. The van der Waals surface area contributed by atoms with Crippen molar-refractivity contribution in [3.8, 4) is 5.75 Å². The van der Waals surface area contributed by atoms with Gasteiger partial charge in [0.25, 0.3) is 5.91 Å². The SMILES string of the molecule is O=C1/C(=C\c2cccc(OCc3ccc(Cl)cc3)c2)SC(=S)N1NC(=O)C12CC3CC(CC(C3)C1)C2. The third-order valence-corrected chi connectivity index (χ3v) is 9.56. The lowest BCUT2D eigenvalue weighted by Gasteiger charge is -2.55. The smallest absolute Gasteiger partial charge is 0.285 e. The van der Waals surface area contributed by atoms with E-state index in [0.717, 1.165) is 30.4 Å². The van der Waals surface area contributed by atoms with Crippen LogP contribution in [0.1, 0.15) is 49.7 Å². The first kappa shape index (κ1) is 24.0. The summed E-state index contributed by atoms with van der Waals surface area (Å²) in [7, 11) is 0. The van der Waals surface area contributed by atoms with Gasteiger partial charge in [0.1, 0.15) is 12.4 Å². The van der Waals surface area contributed by atoms with Crippen LogP contribution in [0.25, 0.3) is 6.08 Å². The Morgan fingerprint density at radius 1 is 1.11 bits per heavy atom.